The van der Waals surface area contributed by atoms with Crippen LogP contribution in [0.25, 0.3) is 0 Å². The molecule has 0 saturated carbocycles. The summed E-state index contributed by atoms with van der Waals surface area (Å²) in [6.45, 7) is 0. The molecule has 0 aliphatic heterocycles. The predicted octanol–water partition coefficient (Wildman–Crippen LogP) is 2.50. The van der Waals surface area contributed by atoms with Crippen LogP contribution in [-0.4, -0.2) is 0 Å². The number of anilines is 1. The predicted molar refractivity (Wildman–Crippen MR) is 49.7 cm³/mol. The van der Waals surface area contributed by atoms with Gasteiger partial charge in [0.05, 0.1) is 0 Å². The number of nitrogens with one attached hydrogen (secondary N) is 1. The summed E-state index contributed by atoms with van der Waals surface area (Å²) in [4.78, 5) is 0. The second-order valence-corrected chi connectivity index (χ2v) is 3.48. The van der Waals surface area contributed by atoms with Gasteiger partial charge in [0.15, 0.2) is 0 Å². The molecule has 0 unspecified atom stereocenters. The zero-order chi connectivity index (χ0) is 7.56. The van der Waals surface area contributed by atoms with Crippen LogP contribution in [0.1, 0.15) is 0 Å². The largest absolute Gasteiger partial charge is 0.324 e. The molecule has 3 N–H and O–H groups in total. The highest BCUT2D eigenvalue weighted by atomic mass is 79.9. The van der Waals surface area contributed by atoms with Gasteiger partial charge < -0.3 is 5.43 Å². The molecule has 0 heterocycles. The van der Waals surface area contributed by atoms with E-state index in [1.54, 1.807) is 0 Å². The molecule has 0 aliphatic rings. The van der Waals surface area contributed by atoms with Crippen LogP contribution in [0.5, 0.6) is 0 Å². The maximum Gasteiger partial charge on any atom is 0.0497 e. The topological polar surface area (TPSA) is 38.0 Å². The number of hydrogen-bond donors (Lipinski definition) is 2. The molecule has 0 saturated heterocycles. The maximum absolute atomic E-state index is 5.18. The molecule has 54 valence electrons. The zero-order valence-electron chi connectivity index (χ0n) is 5.07. The van der Waals surface area contributed by atoms with Crippen LogP contribution in [0.3, 0.4) is 0 Å². The molecule has 1 rings (SSSR count). The summed E-state index contributed by atoms with van der Waals surface area (Å²) in [7, 11) is 0. The molecular formula is C6H6Br2N2. The molecule has 0 amide bonds. The third-order valence-corrected chi connectivity index (χ3v) is 2.97. The van der Waals surface area contributed by atoms with Gasteiger partial charge in [-0.1, -0.05) is 0 Å². The molecule has 0 aromatic heterocycles. The first-order valence-corrected chi connectivity index (χ1v) is 4.24. The molecule has 4 heteroatoms. The Morgan fingerprint density at radius 1 is 1.20 bits per heavy atom. The van der Waals surface area contributed by atoms with E-state index in [-0.39, 0.29) is 0 Å². The molecule has 0 spiro atoms. The maximum atomic E-state index is 5.18. The first-order valence-electron chi connectivity index (χ1n) is 2.65. The summed E-state index contributed by atoms with van der Waals surface area (Å²) in [6.07, 6.45) is 0. The molecule has 2 nitrogen and oxygen atoms in total. The van der Waals surface area contributed by atoms with E-state index >= 15 is 0 Å². The average molecular weight is 266 g/mol. The lowest BCUT2D eigenvalue weighted by Gasteiger charge is -2.00. The van der Waals surface area contributed by atoms with Gasteiger partial charge in [-0.25, -0.2) is 0 Å². The zero-order valence-corrected chi connectivity index (χ0v) is 8.24. The van der Waals surface area contributed by atoms with Gasteiger partial charge >= 0.3 is 0 Å². The Morgan fingerprint density at radius 2 is 1.90 bits per heavy atom. The number of nitrogens with two attached hydrogens (primary N) is 1. The number of nitrogen functional groups attached to an aromatic ring is 1. The molecule has 0 aliphatic carbocycles. The lowest BCUT2D eigenvalue weighted by Crippen LogP contribution is -2.06. The first kappa shape index (κ1) is 8.04. The van der Waals surface area contributed by atoms with Crippen molar-refractivity contribution in [2.24, 2.45) is 5.84 Å². The van der Waals surface area contributed by atoms with Crippen molar-refractivity contribution in [3.05, 3.63) is 27.1 Å². The van der Waals surface area contributed by atoms with E-state index < -0.39 is 0 Å². The fourth-order valence-electron chi connectivity index (χ4n) is 0.586. The minimum Gasteiger partial charge on any atom is -0.324 e. The number of hydrazine groups is 1. The standard InChI is InChI=1S/C6H6Br2N2/c7-5-2-1-4(10-9)3-6(5)8/h1-3,10H,9H2. The monoisotopic (exact) mass is 264 g/mol. The summed E-state index contributed by atoms with van der Waals surface area (Å²) >= 11 is 6.69. The lowest BCUT2D eigenvalue weighted by molar-refractivity contribution is 1.34. The van der Waals surface area contributed by atoms with Gasteiger partial charge in [0.1, 0.15) is 0 Å². The van der Waals surface area contributed by atoms with E-state index in [9.17, 15) is 0 Å². The van der Waals surface area contributed by atoms with Crippen molar-refractivity contribution in [2.45, 2.75) is 0 Å². The van der Waals surface area contributed by atoms with E-state index in [1.165, 1.54) is 0 Å². The van der Waals surface area contributed by atoms with Crippen LogP contribution in [0.4, 0.5) is 5.69 Å². The van der Waals surface area contributed by atoms with Crippen LogP contribution < -0.4 is 11.3 Å². The fourth-order valence-corrected chi connectivity index (χ4v) is 1.21. The summed E-state index contributed by atoms with van der Waals surface area (Å²) in [5.74, 6) is 5.18. The Kier molecular flexibility index (Phi) is 2.71. The van der Waals surface area contributed by atoms with Crippen molar-refractivity contribution < 1.29 is 0 Å². The average Bonchev–Trinajstić information content (AvgIpc) is 1.95. The van der Waals surface area contributed by atoms with Crippen LogP contribution in [0.2, 0.25) is 0 Å². The van der Waals surface area contributed by atoms with Gasteiger partial charge in [-0.3, -0.25) is 5.84 Å². The van der Waals surface area contributed by atoms with Gasteiger partial charge in [-0.15, -0.1) is 0 Å². The van der Waals surface area contributed by atoms with Crippen molar-refractivity contribution in [3.8, 4) is 0 Å². The van der Waals surface area contributed by atoms with E-state index in [2.05, 4.69) is 37.3 Å². The Hall–Kier alpha value is -0.0600. The fraction of sp³-hybridized carbons (Fsp3) is 0. The van der Waals surface area contributed by atoms with E-state index in [1.807, 2.05) is 18.2 Å². The Bertz CT molecular complexity index is 237. The second kappa shape index (κ2) is 3.37. The first-order chi connectivity index (χ1) is 4.74. The molecule has 1 aromatic carbocycles. The second-order valence-electron chi connectivity index (χ2n) is 1.77. The molecule has 0 atom stereocenters. The van der Waals surface area contributed by atoms with Gasteiger partial charge in [-0.2, -0.15) is 0 Å². The van der Waals surface area contributed by atoms with Crippen LogP contribution in [-0.2, 0) is 0 Å². The third-order valence-electron chi connectivity index (χ3n) is 1.09. The van der Waals surface area contributed by atoms with Crippen molar-refractivity contribution in [3.63, 3.8) is 0 Å². The summed E-state index contributed by atoms with van der Waals surface area (Å²) < 4.78 is 2.01. The number of benzene rings is 1. The van der Waals surface area contributed by atoms with Gasteiger partial charge in [0, 0.05) is 14.6 Å². The molecule has 0 fully saturated rings. The third kappa shape index (κ3) is 1.71. The molecule has 0 radical (unpaired) electrons. The van der Waals surface area contributed by atoms with Crippen LogP contribution >= 0.6 is 31.9 Å². The van der Waals surface area contributed by atoms with Crippen LogP contribution in [0, 0.1) is 0 Å². The van der Waals surface area contributed by atoms with Gasteiger partial charge in [-0.05, 0) is 50.1 Å². The Labute approximate surface area is 76.0 Å². The summed E-state index contributed by atoms with van der Waals surface area (Å²) in [5, 5.41) is 0. The highest BCUT2D eigenvalue weighted by Crippen LogP contribution is 2.25. The minimum absolute atomic E-state index is 0.884. The van der Waals surface area contributed by atoms with Crippen LogP contribution in [0.15, 0.2) is 27.1 Å². The molecule has 1 aromatic rings. The molecule has 10 heavy (non-hydrogen) atoms. The normalized spacial score (nSPS) is 9.50. The van der Waals surface area contributed by atoms with Crippen molar-refractivity contribution in [2.75, 3.05) is 5.43 Å². The minimum atomic E-state index is 0.884. The van der Waals surface area contributed by atoms with Crippen molar-refractivity contribution in [1.29, 1.82) is 0 Å². The molecule has 0 bridgehead atoms. The number of halogens is 2. The van der Waals surface area contributed by atoms with Gasteiger partial charge in [0.2, 0.25) is 0 Å². The highest BCUT2D eigenvalue weighted by Gasteiger charge is 1.95. The van der Waals surface area contributed by atoms with E-state index in [4.69, 9.17) is 5.84 Å². The van der Waals surface area contributed by atoms with E-state index in [0.29, 0.717) is 0 Å². The highest BCUT2D eigenvalue weighted by molar-refractivity contribution is 9.13. The van der Waals surface area contributed by atoms with E-state index in [0.717, 1.165) is 14.6 Å². The quantitative estimate of drug-likeness (QED) is 0.605. The molecular weight excluding hydrogens is 260 g/mol. The smallest absolute Gasteiger partial charge is 0.0497 e. The van der Waals surface area contributed by atoms with Crippen molar-refractivity contribution in [1.82, 2.24) is 0 Å². The lowest BCUT2D eigenvalue weighted by atomic mass is 10.3. The summed E-state index contributed by atoms with van der Waals surface area (Å²) in [6, 6.07) is 5.69. The van der Waals surface area contributed by atoms with Crippen molar-refractivity contribution >= 4 is 37.5 Å². The Morgan fingerprint density at radius 3 is 2.40 bits per heavy atom. The summed E-state index contributed by atoms with van der Waals surface area (Å²) in [5.41, 5.74) is 3.43. The number of rotatable bonds is 1. The Balaban J connectivity index is 3.04. The van der Waals surface area contributed by atoms with Gasteiger partial charge in [0.25, 0.3) is 0 Å². The SMILES string of the molecule is NNc1ccc(Br)c(Br)c1. The number of hydrogen-bond acceptors (Lipinski definition) is 2.